The Bertz CT molecular complexity index is 540. The van der Waals surface area contributed by atoms with Crippen LogP contribution in [0.3, 0.4) is 0 Å². The van der Waals surface area contributed by atoms with Crippen molar-refractivity contribution in [1.82, 2.24) is 4.90 Å². The molecule has 110 valence electrons. The molecule has 1 aliphatic heterocycles. The SMILES string of the molecule is Nc1ccc(C2CCN(CCc3ccccc3)CC2)cc1. The van der Waals surface area contributed by atoms with Gasteiger partial charge in [0.15, 0.2) is 0 Å². The lowest BCUT2D eigenvalue weighted by Crippen LogP contribution is -2.34. The molecule has 0 radical (unpaired) electrons. The van der Waals surface area contributed by atoms with Crippen LogP contribution < -0.4 is 5.73 Å². The van der Waals surface area contributed by atoms with Gasteiger partial charge in [0.05, 0.1) is 0 Å². The summed E-state index contributed by atoms with van der Waals surface area (Å²) in [6.07, 6.45) is 3.69. The summed E-state index contributed by atoms with van der Waals surface area (Å²) < 4.78 is 0. The number of rotatable bonds is 4. The van der Waals surface area contributed by atoms with Crippen LogP contribution in [0.15, 0.2) is 54.6 Å². The minimum atomic E-state index is 0.707. The van der Waals surface area contributed by atoms with Gasteiger partial charge in [-0.15, -0.1) is 0 Å². The van der Waals surface area contributed by atoms with Gasteiger partial charge in [0.1, 0.15) is 0 Å². The topological polar surface area (TPSA) is 29.3 Å². The van der Waals surface area contributed by atoms with E-state index in [1.165, 1.54) is 43.6 Å². The predicted octanol–water partition coefficient (Wildman–Crippen LogP) is 3.69. The molecule has 0 spiro atoms. The van der Waals surface area contributed by atoms with E-state index in [4.69, 9.17) is 5.73 Å². The highest BCUT2D eigenvalue weighted by molar-refractivity contribution is 5.40. The fourth-order valence-corrected chi connectivity index (χ4v) is 3.19. The number of piperidine rings is 1. The molecule has 1 saturated heterocycles. The molecule has 0 bridgehead atoms. The van der Waals surface area contributed by atoms with Crippen LogP contribution in [0.1, 0.15) is 29.9 Å². The Morgan fingerprint density at radius 2 is 1.57 bits per heavy atom. The molecular formula is C19H24N2. The standard InChI is InChI=1S/C19H24N2/c20-19-8-6-17(7-9-19)18-11-14-21(15-12-18)13-10-16-4-2-1-3-5-16/h1-9,18H,10-15,20H2. The molecule has 2 N–H and O–H groups in total. The summed E-state index contributed by atoms with van der Waals surface area (Å²) in [4.78, 5) is 2.60. The fraction of sp³-hybridized carbons (Fsp3) is 0.368. The minimum Gasteiger partial charge on any atom is -0.399 e. The third-order valence-electron chi connectivity index (χ3n) is 4.55. The lowest BCUT2D eigenvalue weighted by atomic mass is 9.89. The number of hydrogen-bond acceptors (Lipinski definition) is 2. The Kier molecular flexibility index (Phi) is 4.56. The third kappa shape index (κ3) is 3.85. The van der Waals surface area contributed by atoms with Gasteiger partial charge in [0.2, 0.25) is 0 Å². The first-order chi connectivity index (χ1) is 10.3. The molecule has 0 aliphatic carbocycles. The summed E-state index contributed by atoms with van der Waals surface area (Å²) in [6, 6.07) is 19.2. The smallest absolute Gasteiger partial charge is 0.0314 e. The monoisotopic (exact) mass is 280 g/mol. The molecule has 2 nitrogen and oxygen atoms in total. The van der Waals surface area contributed by atoms with Crippen molar-refractivity contribution in [2.24, 2.45) is 0 Å². The van der Waals surface area contributed by atoms with Crippen molar-refractivity contribution < 1.29 is 0 Å². The average Bonchev–Trinajstić information content (AvgIpc) is 2.55. The van der Waals surface area contributed by atoms with E-state index < -0.39 is 0 Å². The number of likely N-dealkylation sites (tertiary alicyclic amines) is 1. The van der Waals surface area contributed by atoms with E-state index in [-0.39, 0.29) is 0 Å². The van der Waals surface area contributed by atoms with Gasteiger partial charge >= 0.3 is 0 Å². The summed E-state index contributed by atoms with van der Waals surface area (Å²) in [5.41, 5.74) is 9.52. The van der Waals surface area contributed by atoms with Crippen LogP contribution >= 0.6 is 0 Å². The highest BCUT2D eigenvalue weighted by Gasteiger charge is 2.20. The van der Waals surface area contributed by atoms with Crippen LogP contribution in [0.25, 0.3) is 0 Å². The zero-order chi connectivity index (χ0) is 14.5. The zero-order valence-electron chi connectivity index (χ0n) is 12.5. The van der Waals surface area contributed by atoms with E-state index in [1.807, 2.05) is 12.1 Å². The third-order valence-corrected chi connectivity index (χ3v) is 4.55. The van der Waals surface area contributed by atoms with Crippen molar-refractivity contribution in [2.45, 2.75) is 25.2 Å². The summed E-state index contributed by atoms with van der Waals surface area (Å²) in [5, 5.41) is 0. The second-order valence-corrected chi connectivity index (χ2v) is 6.02. The average molecular weight is 280 g/mol. The maximum Gasteiger partial charge on any atom is 0.0314 e. The van der Waals surface area contributed by atoms with Crippen LogP contribution in [0.4, 0.5) is 5.69 Å². The molecule has 0 aromatic heterocycles. The van der Waals surface area contributed by atoms with Gasteiger partial charge in [-0.1, -0.05) is 42.5 Å². The van der Waals surface area contributed by atoms with E-state index >= 15 is 0 Å². The Morgan fingerprint density at radius 1 is 0.905 bits per heavy atom. The molecule has 21 heavy (non-hydrogen) atoms. The van der Waals surface area contributed by atoms with E-state index in [2.05, 4.69) is 47.4 Å². The number of anilines is 1. The van der Waals surface area contributed by atoms with E-state index in [0.717, 1.165) is 12.1 Å². The number of nitrogens with two attached hydrogens (primary N) is 1. The molecule has 0 atom stereocenters. The highest BCUT2D eigenvalue weighted by Crippen LogP contribution is 2.28. The summed E-state index contributed by atoms with van der Waals surface area (Å²) >= 11 is 0. The van der Waals surface area contributed by atoms with E-state index in [9.17, 15) is 0 Å². The zero-order valence-corrected chi connectivity index (χ0v) is 12.5. The van der Waals surface area contributed by atoms with Crippen molar-refractivity contribution in [1.29, 1.82) is 0 Å². The first kappa shape index (κ1) is 14.2. The van der Waals surface area contributed by atoms with Crippen LogP contribution in [-0.4, -0.2) is 24.5 Å². The molecule has 1 fully saturated rings. The van der Waals surface area contributed by atoms with Crippen molar-refractivity contribution in [2.75, 3.05) is 25.4 Å². The van der Waals surface area contributed by atoms with Crippen LogP contribution in [0, 0.1) is 0 Å². The molecule has 0 saturated carbocycles. The largest absolute Gasteiger partial charge is 0.399 e. The van der Waals surface area contributed by atoms with Crippen molar-refractivity contribution in [3.05, 3.63) is 65.7 Å². The van der Waals surface area contributed by atoms with Gasteiger partial charge in [-0.25, -0.2) is 0 Å². The Morgan fingerprint density at radius 3 is 2.24 bits per heavy atom. The normalized spacial score (nSPS) is 17.0. The number of hydrogen-bond donors (Lipinski definition) is 1. The first-order valence-electron chi connectivity index (χ1n) is 7.93. The van der Waals surface area contributed by atoms with Gasteiger partial charge in [0, 0.05) is 12.2 Å². The van der Waals surface area contributed by atoms with Crippen molar-refractivity contribution in [3.8, 4) is 0 Å². The molecule has 0 amide bonds. The summed E-state index contributed by atoms with van der Waals surface area (Å²) in [7, 11) is 0. The van der Waals surface area contributed by atoms with Crippen LogP contribution in [0.5, 0.6) is 0 Å². The van der Waals surface area contributed by atoms with Gasteiger partial charge in [0.25, 0.3) is 0 Å². The molecule has 2 heteroatoms. The van der Waals surface area contributed by atoms with Crippen molar-refractivity contribution in [3.63, 3.8) is 0 Å². The van der Waals surface area contributed by atoms with Gasteiger partial charge < -0.3 is 10.6 Å². The maximum absolute atomic E-state index is 5.76. The maximum atomic E-state index is 5.76. The number of nitrogen functional groups attached to an aromatic ring is 1. The lowest BCUT2D eigenvalue weighted by Gasteiger charge is -2.32. The fourth-order valence-electron chi connectivity index (χ4n) is 3.19. The van der Waals surface area contributed by atoms with Crippen LogP contribution in [0.2, 0.25) is 0 Å². The number of benzene rings is 2. The van der Waals surface area contributed by atoms with Crippen LogP contribution in [-0.2, 0) is 6.42 Å². The summed E-state index contributed by atoms with van der Waals surface area (Å²) in [6.45, 7) is 3.60. The highest BCUT2D eigenvalue weighted by atomic mass is 15.1. The molecule has 0 unspecified atom stereocenters. The van der Waals surface area contributed by atoms with Gasteiger partial charge in [-0.2, -0.15) is 0 Å². The molecule has 1 heterocycles. The second-order valence-electron chi connectivity index (χ2n) is 6.02. The quantitative estimate of drug-likeness (QED) is 0.865. The summed E-state index contributed by atoms with van der Waals surface area (Å²) in [5.74, 6) is 0.707. The Balaban J connectivity index is 1.48. The van der Waals surface area contributed by atoms with Crippen molar-refractivity contribution >= 4 is 5.69 Å². The van der Waals surface area contributed by atoms with Gasteiger partial charge in [-0.05, 0) is 61.5 Å². The van der Waals surface area contributed by atoms with E-state index in [0.29, 0.717) is 5.92 Å². The molecule has 3 rings (SSSR count). The second kappa shape index (κ2) is 6.77. The van der Waals surface area contributed by atoms with E-state index in [1.54, 1.807) is 0 Å². The lowest BCUT2D eigenvalue weighted by molar-refractivity contribution is 0.214. The molecule has 2 aromatic carbocycles. The molecule has 2 aromatic rings. The minimum absolute atomic E-state index is 0.707. The Hall–Kier alpha value is -1.80. The molecule has 1 aliphatic rings. The number of nitrogens with zero attached hydrogens (tertiary/aromatic N) is 1. The van der Waals surface area contributed by atoms with Gasteiger partial charge in [-0.3, -0.25) is 0 Å². The predicted molar refractivity (Wildman–Crippen MR) is 89.4 cm³/mol. The Labute approximate surface area is 127 Å². The molecular weight excluding hydrogens is 256 g/mol. The first-order valence-corrected chi connectivity index (χ1v) is 7.93.